The molecular weight excluding hydrogens is 348 g/mol. The molecule has 0 fully saturated rings. The molecule has 0 atom stereocenters. The standard InChI is InChI=1S/C15H16N4O3S2/c1-2-23-15-18-17-14(24-15)16-12(20)9-19-10-5-3-4-6-11(10)22-8-7-13(19)21/h3-6H,2,7-9H2,1H3,(H,16,17,20). The van der Waals surface area contributed by atoms with Gasteiger partial charge in [0.05, 0.1) is 18.7 Å². The molecule has 3 rings (SSSR count). The van der Waals surface area contributed by atoms with Gasteiger partial charge in [-0.05, 0) is 17.9 Å². The summed E-state index contributed by atoms with van der Waals surface area (Å²) < 4.78 is 6.37. The minimum absolute atomic E-state index is 0.0883. The van der Waals surface area contributed by atoms with Crippen LogP contribution in [0.15, 0.2) is 28.6 Å². The maximum Gasteiger partial charge on any atom is 0.246 e. The highest BCUT2D eigenvalue weighted by Crippen LogP contribution is 2.31. The van der Waals surface area contributed by atoms with Crippen molar-refractivity contribution < 1.29 is 14.3 Å². The molecular formula is C15H16N4O3S2. The number of hydrogen-bond acceptors (Lipinski definition) is 7. The zero-order chi connectivity index (χ0) is 16.9. The first-order chi connectivity index (χ1) is 11.7. The summed E-state index contributed by atoms with van der Waals surface area (Å²) in [6, 6.07) is 7.20. The van der Waals surface area contributed by atoms with E-state index in [1.54, 1.807) is 23.9 Å². The van der Waals surface area contributed by atoms with Crippen molar-refractivity contribution in [3.63, 3.8) is 0 Å². The Morgan fingerprint density at radius 1 is 1.42 bits per heavy atom. The summed E-state index contributed by atoms with van der Waals surface area (Å²) in [6.07, 6.45) is 0.234. The molecule has 0 saturated carbocycles. The van der Waals surface area contributed by atoms with Gasteiger partial charge in [-0.15, -0.1) is 10.2 Å². The summed E-state index contributed by atoms with van der Waals surface area (Å²) in [5, 5.41) is 11.1. The van der Waals surface area contributed by atoms with Crippen molar-refractivity contribution in [2.24, 2.45) is 0 Å². The molecule has 0 aliphatic carbocycles. The lowest BCUT2D eigenvalue weighted by molar-refractivity contribution is -0.121. The predicted molar refractivity (Wildman–Crippen MR) is 93.8 cm³/mol. The molecule has 0 unspecified atom stereocenters. The number of ether oxygens (including phenoxy) is 1. The molecule has 2 heterocycles. The normalized spacial score (nSPS) is 13.9. The number of nitrogens with zero attached hydrogens (tertiary/aromatic N) is 3. The smallest absolute Gasteiger partial charge is 0.246 e. The minimum Gasteiger partial charge on any atom is -0.491 e. The molecule has 1 aliphatic rings. The van der Waals surface area contributed by atoms with Crippen LogP contribution >= 0.6 is 23.1 Å². The van der Waals surface area contributed by atoms with Gasteiger partial charge in [0, 0.05) is 0 Å². The SMILES string of the molecule is CCSc1nnc(NC(=O)CN2C(=O)CCOc3ccccc32)s1. The van der Waals surface area contributed by atoms with Gasteiger partial charge < -0.3 is 4.74 Å². The third kappa shape index (κ3) is 3.85. The summed E-state index contributed by atoms with van der Waals surface area (Å²) in [4.78, 5) is 26.0. The van der Waals surface area contributed by atoms with Gasteiger partial charge in [-0.25, -0.2) is 0 Å². The van der Waals surface area contributed by atoms with Gasteiger partial charge >= 0.3 is 0 Å². The van der Waals surface area contributed by atoms with Gasteiger partial charge in [0.25, 0.3) is 0 Å². The molecule has 2 aromatic rings. The molecule has 0 saturated heterocycles. The Balaban J connectivity index is 1.71. The van der Waals surface area contributed by atoms with Crippen LogP contribution in [0.2, 0.25) is 0 Å². The van der Waals surface area contributed by atoms with Gasteiger partial charge in [0.2, 0.25) is 16.9 Å². The van der Waals surface area contributed by atoms with Crippen LogP contribution in [0.1, 0.15) is 13.3 Å². The van der Waals surface area contributed by atoms with E-state index in [2.05, 4.69) is 15.5 Å². The lowest BCUT2D eigenvalue weighted by Crippen LogP contribution is -2.37. The zero-order valence-corrected chi connectivity index (χ0v) is 14.7. The molecule has 126 valence electrons. The Labute approximate surface area is 147 Å². The van der Waals surface area contributed by atoms with Crippen LogP contribution < -0.4 is 15.0 Å². The fourth-order valence-electron chi connectivity index (χ4n) is 2.24. The van der Waals surface area contributed by atoms with Crippen LogP contribution in [0.25, 0.3) is 0 Å². The summed E-state index contributed by atoms with van der Waals surface area (Å²) in [5.74, 6) is 1.04. The van der Waals surface area contributed by atoms with E-state index in [-0.39, 0.29) is 24.8 Å². The number of rotatable bonds is 5. The Morgan fingerprint density at radius 2 is 2.25 bits per heavy atom. The molecule has 1 aromatic carbocycles. The number of nitrogens with one attached hydrogen (secondary N) is 1. The molecule has 0 bridgehead atoms. The zero-order valence-electron chi connectivity index (χ0n) is 13.0. The van der Waals surface area contributed by atoms with Crippen LogP contribution in [-0.4, -0.2) is 40.9 Å². The Morgan fingerprint density at radius 3 is 3.08 bits per heavy atom. The van der Waals surface area contributed by atoms with Gasteiger partial charge in [0.15, 0.2) is 4.34 Å². The highest BCUT2D eigenvalue weighted by atomic mass is 32.2. The first-order valence-electron chi connectivity index (χ1n) is 7.45. The average Bonchev–Trinajstić information content (AvgIpc) is 2.94. The molecule has 0 spiro atoms. The van der Waals surface area contributed by atoms with E-state index in [0.717, 1.165) is 10.1 Å². The summed E-state index contributed by atoms with van der Waals surface area (Å²) in [6.45, 7) is 2.24. The summed E-state index contributed by atoms with van der Waals surface area (Å²) in [7, 11) is 0. The second kappa shape index (κ2) is 7.63. The van der Waals surface area contributed by atoms with Crippen molar-refractivity contribution in [2.45, 2.75) is 17.7 Å². The number of thioether (sulfide) groups is 1. The second-order valence-corrected chi connectivity index (χ2v) is 7.39. The molecule has 1 aliphatic heterocycles. The largest absolute Gasteiger partial charge is 0.491 e. The van der Waals surface area contributed by atoms with Crippen molar-refractivity contribution in [3.8, 4) is 5.75 Å². The summed E-state index contributed by atoms with van der Waals surface area (Å²) in [5.41, 5.74) is 0.606. The number of fused-ring (bicyclic) bond motifs is 1. The Kier molecular flexibility index (Phi) is 5.31. The van der Waals surface area contributed by atoms with E-state index in [9.17, 15) is 9.59 Å². The van der Waals surface area contributed by atoms with Gasteiger partial charge in [-0.2, -0.15) is 0 Å². The molecule has 0 radical (unpaired) electrons. The van der Waals surface area contributed by atoms with Crippen LogP contribution in [0.3, 0.4) is 0 Å². The van der Waals surface area contributed by atoms with Crippen LogP contribution in [0.5, 0.6) is 5.75 Å². The molecule has 1 N–H and O–H groups in total. The molecule has 9 heteroatoms. The minimum atomic E-state index is -0.316. The fourth-order valence-corrected chi connectivity index (χ4v) is 3.90. The molecule has 1 aromatic heterocycles. The number of aromatic nitrogens is 2. The first kappa shape index (κ1) is 16.7. The average molecular weight is 364 g/mol. The highest BCUT2D eigenvalue weighted by molar-refractivity contribution is 8.01. The van der Waals surface area contributed by atoms with Crippen LogP contribution in [0.4, 0.5) is 10.8 Å². The monoisotopic (exact) mass is 364 g/mol. The first-order valence-corrected chi connectivity index (χ1v) is 9.26. The Bertz CT molecular complexity index is 750. The number of amides is 2. The van der Waals surface area contributed by atoms with Crippen molar-refractivity contribution in [2.75, 3.05) is 29.1 Å². The maximum atomic E-state index is 12.3. The lowest BCUT2D eigenvalue weighted by Gasteiger charge is -2.20. The number of carbonyl (C=O) groups excluding carboxylic acids is 2. The van der Waals surface area contributed by atoms with Gasteiger partial charge in [0.1, 0.15) is 12.3 Å². The van der Waals surface area contributed by atoms with E-state index in [1.165, 1.54) is 16.2 Å². The molecule has 7 nitrogen and oxygen atoms in total. The second-order valence-electron chi connectivity index (χ2n) is 4.90. The van der Waals surface area contributed by atoms with Crippen molar-refractivity contribution in [1.29, 1.82) is 0 Å². The predicted octanol–water partition coefficient (Wildman–Crippen LogP) is 2.40. The van der Waals surface area contributed by atoms with Crippen LogP contribution in [-0.2, 0) is 9.59 Å². The number of benzene rings is 1. The number of para-hydroxylation sites is 2. The third-order valence-corrected chi connectivity index (χ3v) is 5.11. The topological polar surface area (TPSA) is 84.4 Å². The quantitative estimate of drug-likeness (QED) is 0.648. The van der Waals surface area contributed by atoms with Crippen molar-refractivity contribution in [1.82, 2.24) is 10.2 Å². The van der Waals surface area contributed by atoms with E-state index in [4.69, 9.17) is 4.74 Å². The van der Waals surface area contributed by atoms with Gasteiger partial charge in [-0.3, -0.25) is 19.8 Å². The van der Waals surface area contributed by atoms with Crippen molar-refractivity contribution in [3.05, 3.63) is 24.3 Å². The third-order valence-electron chi connectivity index (χ3n) is 3.25. The summed E-state index contributed by atoms with van der Waals surface area (Å²) >= 11 is 2.88. The van der Waals surface area contributed by atoms with E-state index >= 15 is 0 Å². The van der Waals surface area contributed by atoms with E-state index < -0.39 is 0 Å². The highest BCUT2D eigenvalue weighted by Gasteiger charge is 2.25. The number of hydrogen-bond donors (Lipinski definition) is 1. The molecule has 2 amide bonds. The lowest BCUT2D eigenvalue weighted by atomic mass is 10.2. The van der Waals surface area contributed by atoms with E-state index in [0.29, 0.717) is 23.2 Å². The fraction of sp³-hybridized carbons (Fsp3) is 0.333. The Hall–Kier alpha value is -2.13. The number of anilines is 2. The van der Waals surface area contributed by atoms with Gasteiger partial charge in [-0.1, -0.05) is 42.2 Å². The van der Waals surface area contributed by atoms with Crippen molar-refractivity contribution >= 4 is 45.7 Å². The number of carbonyl (C=O) groups is 2. The molecule has 24 heavy (non-hydrogen) atoms. The maximum absolute atomic E-state index is 12.3. The van der Waals surface area contributed by atoms with Crippen LogP contribution in [0, 0.1) is 0 Å². The van der Waals surface area contributed by atoms with E-state index in [1.807, 2.05) is 19.1 Å².